The zero-order chi connectivity index (χ0) is 16.4. The Balaban J connectivity index is 2.02. The third kappa shape index (κ3) is 3.12. The first-order valence-corrected chi connectivity index (χ1v) is 7.61. The fourth-order valence-corrected chi connectivity index (χ4v) is 2.54. The number of rotatable bonds is 3. The van der Waals surface area contributed by atoms with Crippen LogP contribution < -0.4 is 5.56 Å². The molecule has 0 aliphatic heterocycles. The first kappa shape index (κ1) is 15.3. The maximum Gasteiger partial charge on any atom is 0.280 e. The van der Waals surface area contributed by atoms with E-state index in [2.05, 4.69) is 10.1 Å². The molecule has 4 nitrogen and oxygen atoms in total. The standard InChI is InChI=1S/C18H16ClN3O/c1-12-6-3-4-9-17(12)20-11-16-13(2)21-22(18(16)23)15-8-5-7-14(19)10-15/h3-11,21H,1-2H3. The molecule has 0 atom stereocenters. The second kappa shape index (κ2) is 6.26. The molecule has 1 N–H and O–H groups in total. The summed E-state index contributed by atoms with van der Waals surface area (Å²) in [6.07, 6.45) is 1.61. The number of nitrogens with one attached hydrogen (secondary N) is 1. The number of hydrogen-bond donors (Lipinski definition) is 1. The lowest BCUT2D eigenvalue weighted by molar-refractivity contribution is 0.835. The Hall–Kier alpha value is -2.59. The van der Waals surface area contributed by atoms with Gasteiger partial charge in [-0.25, -0.2) is 4.68 Å². The molecule has 0 bridgehead atoms. The van der Waals surface area contributed by atoms with E-state index in [9.17, 15) is 4.79 Å². The van der Waals surface area contributed by atoms with Crippen molar-refractivity contribution in [3.63, 3.8) is 0 Å². The van der Waals surface area contributed by atoms with Crippen LogP contribution in [0.3, 0.4) is 0 Å². The lowest BCUT2D eigenvalue weighted by Gasteiger charge is -2.01. The molecule has 0 fully saturated rings. The number of aryl methyl sites for hydroxylation is 2. The van der Waals surface area contributed by atoms with Crippen molar-refractivity contribution in [1.29, 1.82) is 0 Å². The molecular formula is C18H16ClN3O. The van der Waals surface area contributed by atoms with E-state index in [0.29, 0.717) is 16.3 Å². The van der Waals surface area contributed by atoms with E-state index in [1.807, 2.05) is 44.2 Å². The highest BCUT2D eigenvalue weighted by atomic mass is 35.5. The number of halogens is 1. The average Bonchev–Trinajstić information content (AvgIpc) is 2.81. The molecular weight excluding hydrogens is 310 g/mol. The van der Waals surface area contributed by atoms with Gasteiger partial charge >= 0.3 is 0 Å². The van der Waals surface area contributed by atoms with Crippen LogP contribution in [0.25, 0.3) is 5.69 Å². The summed E-state index contributed by atoms with van der Waals surface area (Å²) in [6.45, 7) is 3.84. The van der Waals surface area contributed by atoms with Crippen molar-refractivity contribution in [2.45, 2.75) is 13.8 Å². The maximum atomic E-state index is 12.6. The molecule has 0 aliphatic rings. The summed E-state index contributed by atoms with van der Waals surface area (Å²) in [7, 11) is 0. The number of hydrogen-bond acceptors (Lipinski definition) is 2. The smallest absolute Gasteiger partial charge is 0.280 e. The Kier molecular flexibility index (Phi) is 4.17. The molecule has 23 heavy (non-hydrogen) atoms. The highest BCUT2D eigenvalue weighted by Crippen LogP contribution is 2.17. The molecule has 0 amide bonds. The fourth-order valence-electron chi connectivity index (χ4n) is 2.35. The predicted molar refractivity (Wildman–Crippen MR) is 94.6 cm³/mol. The number of aliphatic imine (C=N–C) groups is 1. The van der Waals surface area contributed by atoms with Gasteiger partial charge in [0.25, 0.3) is 5.56 Å². The average molecular weight is 326 g/mol. The lowest BCUT2D eigenvalue weighted by Crippen LogP contribution is -2.17. The third-order valence-corrected chi connectivity index (χ3v) is 3.87. The Labute approximate surface area is 139 Å². The summed E-state index contributed by atoms with van der Waals surface area (Å²) in [5.74, 6) is 0. The normalized spacial score (nSPS) is 11.3. The highest BCUT2D eigenvalue weighted by Gasteiger charge is 2.11. The van der Waals surface area contributed by atoms with Gasteiger partial charge in [-0.2, -0.15) is 0 Å². The molecule has 3 rings (SSSR count). The van der Waals surface area contributed by atoms with Crippen LogP contribution in [0.1, 0.15) is 16.8 Å². The van der Waals surface area contributed by atoms with Gasteiger partial charge in [0.05, 0.1) is 16.9 Å². The van der Waals surface area contributed by atoms with Gasteiger partial charge in [0.15, 0.2) is 0 Å². The Morgan fingerprint density at radius 3 is 2.65 bits per heavy atom. The molecule has 0 saturated heterocycles. The van der Waals surface area contributed by atoms with E-state index in [4.69, 9.17) is 11.6 Å². The predicted octanol–water partition coefficient (Wildman–Crippen LogP) is 4.19. The molecule has 5 heteroatoms. The monoisotopic (exact) mass is 325 g/mol. The summed E-state index contributed by atoms with van der Waals surface area (Å²) in [4.78, 5) is 17.0. The molecule has 0 saturated carbocycles. The van der Waals surface area contributed by atoms with Gasteiger partial charge < -0.3 is 0 Å². The van der Waals surface area contributed by atoms with Crippen molar-refractivity contribution >= 4 is 23.5 Å². The Bertz CT molecular complexity index is 937. The van der Waals surface area contributed by atoms with E-state index < -0.39 is 0 Å². The Morgan fingerprint density at radius 1 is 1.13 bits per heavy atom. The van der Waals surface area contributed by atoms with Crippen LogP contribution in [0.2, 0.25) is 5.02 Å². The molecule has 1 aromatic heterocycles. The zero-order valence-corrected chi connectivity index (χ0v) is 13.6. The van der Waals surface area contributed by atoms with Crippen molar-refractivity contribution in [1.82, 2.24) is 9.78 Å². The minimum absolute atomic E-state index is 0.151. The third-order valence-electron chi connectivity index (χ3n) is 3.63. The van der Waals surface area contributed by atoms with E-state index in [1.54, 1.807) is 24.4 Å². The van der Waals surface area contributed by atoms with Crippen LogP contribution >= 0.6 is 11.6 Å². The molecule has 1 heterocycles. The molecule has 0 unspecified atom stereocenters. The van der Waals surface area contributed by atoms with Gasteiger partial charge in [-0.1, -0.05) is 35.9 Å². The summed E-state index contributed by atoms with van der Waals surface area (Å²) >= 11 is 6.00. The van der Waals surface area contributed by atoms with Crippen molar-refractivity contribution in [3.8, 4) is 5.69 Å². The number of para-hydroxylation sites is 1. The maximum absolute atomic E-state index is 12.6. The second-order valence-electron chi connectivity index (χ2n) is 5.32. The topological polar surface area (TPSA) is 50.1 Å². The van der Waals surface area contributed by atoms with E-state index in [0.717, 1.165) is 16.9 Å². The first-order valence-electron chi connectivity index (χ1n) is 7.23. The summed E-state index contributed by atoms with van der Waals surface area (Å²) in [5, 5.41) is 3.64. The minimum atomic E-state index is -0.151. The van der Waals surface area contributed by atoms with Gasteiger partial charge in [-0.15, -0.1) is 0 Å². The van der Waals surface area contributed by atoms with Crippen molar-refractivity contribution in [2.75, 3.05) is 0 Å². The molecule has 0 spiro atoms. The SMILES string of the molecule is Cc1ccccc1N=Cc1c(C)[nH]n(-c2cccc(Cl)c2)c1=O. The Morgan fingerprint density at radius 2 is 1.91 bits per heavy atom. The number of benzene rings is 2. The largest absolute Gasteiger partial charge is 0.295 e. The number of H-pyrrole nitrogens is 1. The molecule has 116 valence electrons. The summed E-state index contributed by atoms with van der Waals surface area (Å²) in [6, 6.07) is 14.9. The van der Waals surface area contributed by atoms with Gasteiger partial charge in [0.1, 0.15) is 0 Å². The van der Waals surface area contributed by atoms with Crippen LogP contribution in [-0.2, 0) is 0 Å². The molecule has 3 aromatic rings. The van der Waals surface area contributed by atoms with Crippen molar-refractivity contribution < 1.29 is 0 Å². The first-order chi connectivity index (χ1) is 11.1. The van der Waals surface area contributed by atoms with E-state index in [1.165, 1.54) is 4.68 Å². The molecule has 2 aromatic carbocycles. The second-order valence-corrected chi connectivity index (χ2v) is 5.75. The minimum Gasteiger partial charge on any atom is -0.295 e. The van der Waals surface area contributed by atoms with Gasteiger partial charge in [0, 0.05) is 16.9 Å². The number of aromatic amines is 1. The van der Waals surface area contributed by atoms with Crippen LogP contribution in [-0.4, -0.2) is 16.0 Å². The lowest BCUT2D eigenvalue weighted by atomic mass is 10.2. The quantitative estimate of drug-likeness (QED) is 0.721. The summed E-state index contributed by atoms with van der Waals surface area (Å²) in [5.41, 5.74) is 3.75. The van der Waals surface area contributed by atoms with E-state index >= 15 is 0 Å². The fraction of sp³-hybridized carbons (Fsp3) is 0.111. The van der Waals surface area contributed by atoms with Crippen LogP contribution in [0.4, 0.5) is 5.69 Å². The van der Waals surface area contributed by atoms with Gasteiger partial charge in [-0.3, -0.25) is 14.9 Å². The van der Waals surface area contributed by atoms with Crippen LogP contribution in [0.5, 0.6) is 0 Å². The van der Waals surface area contributed by atoms with Crippen LogP contribution in [0, 0.1) is 13.8 Å². The highest BCUT2D eigenvalue weighted by molar-refractivity contribution is 6.30. The van der Waals surface area contributed by atoms with Crippen molar-refractivity contribution in [3.05, 3.63) is 80.7 Å². The van der Waals surface area contributed by atoms with Gasteiger partial charge in [-0.05, 0) is 43.7 Å². The van der Waals surface area contributed by atoms with Crippen molar-refractivity contribution in [2.24, 2.45) is 4.99 Å². The molecule has 0 aliphatic carbocycles. The number of aromatic nitrogens is 2. The van der Waals surface area contributed by atoms with Gasteiger partial charge in [0.2, 0.25) is 0 Å². The molecule has 0 radical (unpaired) electrons. The zero-order valence-electron chi connectivity index (χ0n) is 12.9. The van der Waals surface area contributed by atoms with E-state index in [-0.39, 0.29) is 5.56 Å². The summed E-state index contributed by atoms with van der Waals surface area (Å²) < 4.78 is 1.47. The van der Waals surface area contributed by atoms with Crippen LogP contribution in [0.15, 0.2) is 58.3 Å². The number of nitrogens with zero attached hydrogens (tertiary/aromatic N) is 2.